The number of nitriles is 1. The van der Waals surface area contributed by atoms with Gasteiger partial charge >= 0.3 is 0 Å². The molecule has 90 valence electrons. The molecule has 0 amide bonds. The van der Waals surface area contributed by atoms with Gasteiger partial charge in [-0.25, -0.2) is 0 Å². The van der Waals surface area contributed by atoms with E-state index in [1.165, 1.54) is 0 Å². The average molecular weight is 258 g/mol. The van der Waals surface area contributed by atoms with Crippen LogP contribution < -0.4 is 4.74 Å². The summed E-state index contributed by atoms with van der Waals surface area (Å²) in [6.45, 7) is 2.42. The van der Waals surface area contributed by atoms with Gasteiger partial charge in [0.05, 0.1) is 16.7 Å². The number of ether oxygens (including phenoxy) is 1. The fraction of sp³-hybridized carbons (Fsp3) is 0.133. The molecule has 0 saturated heterocycles. The zero-order valence-electron chi connectivity index (χ0n) is 9.98. The van der Waals surface area contributed by atoms with Crippen LogP contribution in [-0.4, -0.2) is 0 Å². The van der Waals surface area contributed by atoms with Gasteiger partial charge in [-0.15, -0.1) is 0 Å². The van der Waals surface area contributed by atoms with Gasteiger partial charge in [-0.2, -0.15) is 5.26 Å². The Hall–Kier alpha value is -1.98. The summed E-state index contributed by atoms with van der Waals surface area (Å²) in [5.41, 5.74) is 2.75. The van der Waals surface area contributed by atoms with Crippen LogP contribution in [0.2, 0.25) is 5.02 Å². The van der Waals surface area contributed by atoms with Gasteiger partial charge in [0, 0.05) is 0 Å². The first-order valence-electron chi connectivity index (χ1n) is 5.57. The van der Waals surface area contributed by atoms with E-state index < -0.39 is 0 Å². The maximum atomic E-state index is 8.70. The number of halogens is 1. The second-order valence-corrected chi connectivity index (χ2v) is 4.44. The first kappa shape index (κ1) is 12.5. The van der Waals surface area contributed by atoms with Crippen molar-refractivity contribution in [2.24, 2.45) is 0 Å². The summed E-state index contributed by atoms with van der Waals surface area (Å²) in [6, 6.07) is 15.1. The minimum absolute atomic E-state index is 0.439. The molecular formula is C15H12ClNO. The monoisotopic (exact) mass is 257 g/mol. The van der Waals surface area contributed by atoms with Crippen molar-refractivity contribution in [1.82, 2.24) is 0 Å². The predicted molar refractivity (Wildman–Crippen MR) is 71.7 cm³/mol. The van der Waals surface area contributed by atoms with Crippen molar-refractivity contribution >= 4 is 11.6 Å². The summed E-state index contributed by atoms with van der Waals surface area (Å²) in [7, 11) is 0. The standard InChI is InChI=1S/C15H12ClNO/c1-11-2-7-15(14(16)8-11)18-10-13-5-3-12(9-17)4-6-13/h2-8H,10H2,1H3. The van der Waals surface area contributed by atoms with Crippen LogP contribution in [0, 0.1) is 18.3 Å². The van der Waals surface area contributed by atoms with Gasteiger partial charge in [0.25, 0.3) is 0 Å². The molecule has 0 fully saturated rings. The average Bonchev–Trinajstić information content (AvgIpc) is 2.38. The Morgan fingerprint density at radius 3 is 2.50 bits per heavy atom. The first-order valence-corrected chi connectivity index (χ1v) is 5.95. The Balaban J connectivity index is 2.04. The van der Waals surface area contributed by atoms with Crippen molar-refractivity contribution < 1.29 is 4.74 Å². The van der Waals surface area contributed by atoms with Crippen LogP contribution in [-0.2, 0) is 6.61 Å². The Morgan fingerprint density at radius 2 is 1.89 bits per heavy atom. The SMILES string of the molecule is Cc1ccc(OCc2ccc(C#N)cc2)c(Cl)c1. The van der Waals surface area contributed by atoms with Gasteiger partial charge in [-0.05, 0) is 42.3 Å². The van der Waals surface area contributed by atoms with E-state index in [1.807, 2.05) is 37.3 Å². The van der Waals surface area contributed by atoms with Crippen molar-refractivity contribution in [2.75, 3.05) is 0 Å². The lowest BCUT2D eigenvalue weighted by Crippen LogP contribution is -1.96. The molecule has 2 rings (SSSR count). The summed E-state index contributed by atoms with van der Waals surface area (Å²) < 4.78 is 5.64. The molecule has 0 unspecified atom stereocenters. The molecule has 0 atom stereocenters. The van der Waals surface area contributed by atoms with Gasteiger partial charge in [0.1, 0.15) is 12.4 Å². The maximum absolute atomic E-state index is 8.70. The molecule has 0 radical (unpaired) electrons. The van der Waals surface area contributed by atoms with Crippen molar-refractivity contribution in [3.05, 3.63) is 64.2 Å². The number of rotatable bonds is 3. The molecule has 0 N–H and O–H groups in total. The molecule has 2 nitrogen and oxygen atoms in total. The largest absolute Gasteiger partial charge is 0.487 e. The number of hydrogen-bond acceptors (Lipinski definition) is 2. The summed E-state index contributed by atoms with van der Waals surface area (Å²) in [4.78, 5) is 0. The number of benzene rings is 2. The molecule has 0 aromatic heterocycles. The molecule has 18 heavy (non-hydrogen) atoms. The molecule has 2 aromatic rings. The summed E-state index contributed by atoms with van der Waals surface area (Å²) in [6.07, 6.45) is 0. The smallest absolute Gasteiger partial charge is 0.138 e. The Bertz CT molecular complexity index is 584. The normalized spacial score (nSPS) is 9.83. The minimum Gasteiger partial charge on any atom is -0.487 e. The second-order valence-electron chi connectivity index (χ2n) is 4.03. The highest BCUT2D eigenvalue weighted by molar-refractivity contribution is 6.32. The van der Waals surface area contributed by atoms with E-state index in [4.69, 9.17) is 21.6 Å². The zero-order chi connectivity index (χ0) is 13.0. The predicted octanol–water partition coefficient (Wildman–Crippen LogP) is 4.10. The van der Waals surface area contributed by atoms with Gasteiger partial charge < -0.3 is 4.74 Å². The summed E-state index contributed by atoms with van der Waals surface area (Å²) in [5.74, 6) is 0.673. The summed E-state index contributed by atoms with van der Waals surface area (Å²) >= 11 is 6.08. The van der Waals surface area contributed by atoms with Crippen LogP contribution in [0.4, 0.5) is 0 Å². The van der Waals surface area contributed by atoms with E-state index in [2.05, 4.69) is 6.07 Å². The quantitative estimate of drug-likeness (QED) is 0.829. The van der Waals surface area contributed by atoms with Crippen molar-refractivity contribution in [1.29, 1.82) is 5.26 Å². The van der Waals surface area contributed by atoms with Crippen molar-refractivity contribution in [3.63, 3.8) is 0 Å². The second kappa shape index (κ2) is 5.57. The van der Waals surface area contributed by atoms with Crippen LogP contribution >= 0.6 is 11.6 Å². The fourth-order valence-corrected chi connectivity index (χ4v) is 1.85. The maximum Gasteiger partial charge on any atom is 0.138 e. The molecule has 0 aliphatic carbocycles. The lowest BCUT2D eigenvalue weighted by atomic mass is 10.1. The molecule has 0 aliphatic rings. The molecule has 0 heterocycles. The third-order valence-electron chi connectivity index (χ3n) is 2.56. The molecular weight excluding hydrogens is 246 g/mol. The fourth-order valence-electron chi connectivity index (χ4n) is 1.56. The molecule has 0 aliphatic heterocycles. The van der Waals surface area contributed by atoms with E-state index in [0.29, 0.717) is 22.9 Å². The first-order chi connectivity index (χ1) is 8.69. The van der Waals surface area contributed by atoms with Crippen LogP contribution in [0.15, 0.2) is 42.5 Å². The minimum atomic E-state index is 0.439. The molecule has 2 aromatic carbocycles. The third kappa shape index (κ3) is 3.03. The number of aryl methyl sites for hydroxylation is 1. The Labute approximate surface area is 111 Å². The highest BCUT2D eigenvalue weighted by atomic mass is 35.5. The summed E-state index contributed by atoms with van der Waals surface area (Å²) in [5, 5.41) is 9.31. The highest BCUT2D eigenvalue weighted by Gasteiger charge is 2.02. The van der Waals surface area contributed by atoms with Crippen LogP contribution in [0.1, 0.15) is 16.7 Å². The lowest BCUT2D eigenvalue weighted by Gasteiger charge is -2.08. The van der Waals surface area contributed by atoms with E-state index in [-0.39, 0.29) is 0 Å². The van der Waals surface area contributed by atoms with Crippen LogP contribution in [0.5, 0.6) is 5.75 Å². The van der Waals surface area contributed by atoms with Crippen LogP contribution in [0.25, 0.3) is 0 Å². The lowest BCUT2D eigenvalue weighted by molar-refractivity contribution is 0.306. The van der Waals surface area contributed by atoms with Gasteiger partial charge in [-0.3, -0.25) is 0 Å². The highest BCUT2D eigenvalue weighted by Crippen LogP contribution is 2.25. The van der Waals surface area contributed by atoms with Crippen LogP contribution in [0.3, 0.4) is 0 Å². The van der Waals surface area contributed by atoms with E-state index in [9.17, 15) is 0 Å². The van der Waals surface area contributed by atoms with E-state index >= 15 is 0 Å². The topological polar surface area (TPSA) is 33.0 Å². The molecule has 3 heteroatoms. The number of hydrogen-bond donors (Lipinski definition) is 0. The van der Waals surface area contributed by atoms with E-state index in [1.54, 1.807) is 12.1 Å². The van der Waals surface area contributed by atoms with Crippen molar-refractivity contribution in [3.8, 4) is 11.8 Å². The molecule has 0 spiro atoms. The number of nitrogens with zero attached hydrogens (tertiary/aromatic N) is 1. The Morgan fingerprint density at radius 1 is 1.17 bits per heavy atom. The zero-order valence-corrected chi connectivity index (χ0v) is 10.7. The Kier molecular flexibility index (Phi) is 3.86. The van der Waals surface area contributed by atoms with Gasteiger partial charge in [-0.1, -0.05) is 29.8 Å². The van der Waals surface area contributed by atoms with Crippen molar-refractivity contribution in [2.45, 2.75) is 13.5 Å². The third-order valence-corrected chi connectivity index (χ3v) is 2.86. The van der Waals surface area contributed by atoms with Gasteiger partial charge in [0.15, 0.2) is 0 Å². The molecule has 0 bridgehead atoms. The van der Waals surface area contributed by atoms with E-state index in [0.717, 1.165) is 11.1 Å². The molecule has 0 saturated carbocycles. The van der Waals surface area contributed by atoms with Gasteiger partial charge in [0.2, 0.25) is 0 Å².